The number of aromatic amines is 1. The molecule has 0 aliphatic carbocycles. The van der Waals surface area contributed by atoms with Gasteiger partial charge >= 0.3 is 5.97 Å². The number of imidazole rings is 1. The minimum atomic E-state index is -1.14. The van der Waals surface area contributed by atoms with Crippen molar-refractivity contribution >= 4 is 28.7 Å². The van der Waals surface area contributed by atoms with Crippen LogP contribution < -0.4 is 10.5 Å². The molecule has 0 unspecified atom stereocenters. The van der Waals surface area contributed by atoms with E-state index in [9.17, 15) is 14.4 Å². The number of amides is 1. The number of aromatic nitrogens is 6. The lowest BCUT2D eigenvalue weighted by Crippen LogP contribution is -2.26. The van der Waals surface area contributed by atoms with Crippen LogP contribution in [0.15, 0.2) is 78.1 Å². The fourth-order valence-corrected chi connectivity index (χ4v) is 3.66. The summed E-state index contributed by atoms with van der Waals surface area (Å²) in [5, 5.41) is 13.0. The summed E-state index contributed by atoms with van der Waals surface area (Å²) in [6, 6.07) is 16.5. The number of benzene rings is 2. The Kier molecular flexibility index (Phi) is 5.41. The predicted octanol–water partition coefficient (Wildman–Crippen LogP) is 2.33. The molecular weight excluding hydrogens is 450 g/mol. The van der Waals surface area contributed by atoms with E-state index in [-0.39, 0.29) is 28.6 Å². The molecule has 0 fully saturated rings. The van der Waals surface area contributed by atoms with Gasteiger partial charge in [-0.05, 0) is 29.8 Å². The summed E-state index contributed by atoms with van der Waals surface area (Å²) >= 11 is 0. The van der Waals surface area contributed by atoms with E-state index in [2.05, 4.69) is 20.1 Å². The van der Waals surface area contributed by atoms with Gasteiger partial charge in [-0.15, -0.1) is 0 Å². The highest BCUT2D eigenvalue weighted by Gasteiger charge is 2.16. The zero-order valence-corrected chi connectivity index (χ0v) is 18.5. The van der Waals surface area contributed by atoms with E-state index < -0.39 is 11.5 Å². The van der Waals surface area contributed by atoms with Crippen LogP contribution in [-0.2, 0) is 6.54 Å². The number of anilines is 1. The lowest BCUT2D eigenvalue weighted by atomic mass is 10.1. The van der Waals surface area contributed by atoms with E-state index in [1.807, 2.05) is 42.5 Å². The number of hydrogen-bond acceptors (Lipinski definition) is 6. The minimum absolute atomic E-state index is 0.0323. The van der Waals surface area contributed by atoms with Crippen molar-refractivity contribution in [3.05, 3.63) is 100 Å². The molecule has 1 amide bonds. The Hall–Kier alpha value is -5.06. The van der Waals surface area contributed by atoms with Gasteiger partial charge in [0.25, 0.3) is 11.5 Å². The second-order valence-electron chi connectivity index (χ2n) is 7.81. The Balaban J connectivity index is 1.37. The lowest BCUT2D eigenvalue weighted by Gasteiger charge is -2.17. The molecule has 0 aliphatic heterocycles. The molecule has 0 spiro atoms. The van der Waals surface area contributed by atoms with E-state index in [0.29, 0.717) is 12.1 Å². The number of fused-ring (bicyclic) bond motifs is 1. The third kappa shape index (κ3) is 4.17. The van der Waals surface area contributed by atoms with Crippen molar-refractivity contribution in [2.24, 2.45) is 0 Å². The zero-order chi connectivity index (χ0) is 24.5. The molecule has 0 bridgehead atoms. The van der Waals surface area contributed by atoms with Crippen molar-refractivity contribution < 1.29 is 14.7 Å². The summed E-state index contributed by atoms with van der Waals surface area (Å²) in [7, 11) is 1.72. The lowest BCUT2D eigenvalue weighted by molar-refractivity contribution is 0.0696. The molecule has 2 aromatic carbocycles. The van der Waals surface area contributed by atoms with Crippen LogP contribution in [0.25, 0.3) is 17.1 Å². The van der Waals surface area contributed by atoms with Gasteiger partial charge in [0.05, 0.1) is 18.1 Å². The summed E-state index contributed by atoms with van der Waals surface area (Å²) in [4.78, 5) is 49.4. The van der Waals surface area contributed by atoms with Gasteiger partial charge in [-0.25, -0.2) is 14.5 Å². The minimum Gasteiger partial charge on any atom is -0.478 e. The Morgan fingerprint density at radius 3 is 2.49 bits per heavy atom. The summed E-state index contributed by atoms with van der Waals surface area (Å²) in [6.45, 7) is 0.342. The highest BCUT2D eigenvalue weighted by molar-refractivity contribution is 6.05. The molecule has 2 N–H and O–H groups in total. The maximum atomic E-state index is 12.8. The van der Waals surface area contributed by atoms with Crippen molar-refractivity contribution in [1.29, 1.82) is 0 Å². The van der Waals surface area contributed by atoms with E-state index in [4.69, 9.17) is 5.11 Å². The van der Waals surface area contributed by atoms with Gasteiger partial charge in [-0.3, -0.25) is 14.6 Å². The van der Waals surface area contributed by atoms with Gasteiger partial charge in [-0.2, -0.15) is 10.1 Å². The maximum Gasteiger partial charge on any atom is 0.338 e. The standard InChI is InChI=1S/C24H19N7O4/c1-29(18-5-3-2-4-6-18)22(33)16-9-7-15(8-10-16)12-30-14-25-20-19(30)21(32)28-24(27-20)31-13-17(11-26-31)23(34)35/h2-11,13-14H,12H2,1H3,(H,34,35)(H,27,28,32). The summed E-state index contributed by atoms with van der Waals surface area (Å²) in [5.74, 6) is -1.21. The Morgan fingerprint density at radius 1 is 1.06 bits per heavy atom. The number of nitrogens with zero attached hydrogens (tertiary/aromatic N) is 6. The van der Waals surface area contributed by atoms with Crippen molar-refractivity contribution in [3.8, 4) is 5.95 Å². The number of hydrogen-bond donors (Lipinski definition) is 2. The van der Waals surface area contributed by atoms with Gasteiger partial charge in [0.2, 0.25) is 5.95 Å². The third-order valence-corrected chi connectivity index (χ3v) is 5.52. The van der Waals surface area contributed by atoms with E-state index in [0.717, 1.165) is 17.4 Å². The van der Waals surface area contributed by atoms with E-state index in [1.54, 1.807) is 28.6 Å². The van der Waals surface area contributed by atoms with Crippen LogP contribution >= 0.6 is 0 Å². The normalized spacial score (nSPS) is 11.0. The van der Waals surface area contributed by atoms with Crippen LogP contribution in [0.5, 0.6) is 0 Å². The first-order valence-electron chi connectivity index (χ1n) is 10.6. The first-order chi connectivity index (χ1) is 16.9. The molecule has 5 rings (SSSR count). The highest BCUT2D eigenvalue weighted by atomic mass is 16.4. The number of carboxylic acid groups (broad SMARTS) is 1. The van der Waals surface area contributed by atoms with E-state index >= 15 is 0 Å². The summed E-state index contributed by atoms with van der Waals surface area (Å²) < 4.78 is 2.83. The molecule has 0 aliphatic rings. The van der Waals surface area contributed by atoms with Gasteiger partial charge in [0.1, 0.15) is 0 Å². The SMILES string of the molecule is CN(C(=O)c1ccc(Cn2cnc3nc(-n4cc(C(=O)O)cn4)[nH]c(=O)c32)cc1)c1ccccc1. The highest BCUT2D eigenvalue weighted by Crippen LogP contribution is 2.16. The number of para-hydroxylation sites is 1. The molecule has 0 atom stereocenters. The first-order valence-corrected chi connectivity index (χ1v) is 10.6. The Labute approximate surface area is 197 Å². The third-order valence-electron chi connectivity index (χ3n) is 5.52. The Morgan fingerprint density at radius 2 is 1.80 bits per heavy atom. The number of nitrogens with one attached hydrogen (secondary N) is 1. The monoisotopic (exact) mass is 469 g/mol. The van der Waals surface area contributed by atoms with Crippen LogP contribution in [0.3, 0.4) is 0 Å². The fraction of sp³-hybridized carbons (Fsp3) is 0.0833. The van der Waals surface area contributed by atoms with Gasteiger partial charge < -0.3 is 14.6 Å². The second-order valence-corrected chi connectivity index (χ2v) is 7.81. The number of rotatable bonds is 6. The molecule has 0 saturated carbocycles. The number of aromatic carboxylic acids is 1. The average Bonchev–Trinajstić information content (AvgIpc) is 3.52. The maximum absolute atomic E-state index is 12.8. The van der Waals surface area contributed by atoms with Crippen molar-refractivity contribution in [3.63, 3.8) is 0 Å². The van der Waals surface area contributed by atoms with Gasteiger partial charge in [0.15, 0.2) is 11.2 Å². The molecule has 3 aromatic heterocycles. The molecule has 0 radical (unpaired) electrons. The first kappa shape index (κ1) is 21.8. The molecule has 3 heterocycles. The molecule has 174 valence electrons. The van der Waals surface area contributed by atoms with Crippen LogP contribution in [0, 0.1) is 0 Å². The Bertz CT molecular complexity index is 1600. The fourth-order valence-electron chi connectivity index (χ4n) is 3.66. The van der Waals surface area contributed by atoms with E-state index in [1.165, 1.54) is 17.2 Å². The summed E-state index contributed by atoms with van der Waals surface area (Å²) in [6.07, 6.45) is 3.92. The van der Waals surface area contributed by atoms with Crippen LogP contribution in [0.2, 0.25) is 0 Å². The summed E-state index contributed by atoms with van der Waals surface area (Å²) in [5.41, 5.74) is 2.20. The van der Waals surface area contributed by atoms with Crippen molar-refractivity contribution in [2.45, 2.75) is 6.54 Å². The molecule has 0 saturated heterocycles. The molecule has 35 heavy (non-hydrogen) atoms. The zero-order valence-electron chi connectivity index (χ0n) is 18.5. The van der Waals surface area contributed by atoms with Crippen molar-refractivity contribution in [2.75, 3.05) is 11.9 Å². The van der Waals surface area contributed by atoms with Gasteiger partial charge in [-0.1, -0.05) is 30.3 Å². The molecule has 11 nitrogen and oxygen atoms in total. The molecule has 11 heteroatoms. The van der Waals surface area contributed by atoms with Crippen molar-refractivity contribution in [1.82, 2.24) is 29.3 Å². The predicted molar refractivity (Wildman–Crippen MR) is 127 cm³/mol. The smallest absolute Gasteiger partial charge is 0.338 e. The van der Waals surface area contributed by atoms with Crippen LogP contribution in [-0.4, -0.2) is 53.3 Å². The van der Waals surface area contributed by atoms with Crippen LogP contribution in [0.4, 0.5) is 5.69 Å². The number of carbonyl (C=O) groups excluding carboxylic acids is 1. The van der Waals surface area contributed by atoms with Gasteiger partial charge in [0, 0.05) is 31.0 Å². The largest absolute Gasteiger partial charge is 0.478 e. The van der Waals surface area contributed by atoms with Crippen LogP contribution in [0.1, 0.15) is 26.3 Å². The average molecular weight is 469 g/mol. The molecule has 5 aromatic rings. The topological polar surface area (TPSA) is 139 Å². The quantitative estimate of drug-likeness (QED) is 0.389. The number of carbonyl (C=O) groups is 2. The second kappa shape index (κ2) is 8.71. The number of carboxylic acids is 1. The molecular formula is C24H19N7O4. The number of H-pyrrole nitrogens is 1.